The maximum Gasteiger partial charge on any atom is 0.227 e. The van der Waals surface area contributed by atoms with Gasteiger partial charge in [-0.15, -0.1) is 0 Å². The molecule has 92 valence electrons. The minimum Gasteiger partial charge on any atom is -0.326 e. The molecule has 0 radical (unpaired) electrons. The molecule has 1 fully saturated rings. The Bertz CT molecular complexity index is 429. The van der Waals surface area contributed by atoms with Crippen molar-refractivity contribution in [3.63, 3.8) is 0 Å². The van der Waals surface area contributed by atoms with Crippen molar-refractivity contribution in [2.75, 3.05) is 18.4 Å². The van der Waals surface area contributed by atoms with E-state index in [2.05, 4.69) is 26.6 Å². The van der Waals surface area contributed by atoms with Gasteiger partial charge in [0.2, 0.25) is 5.91 Å². The molecule has 4 heteroatoms. The maximum absolute atomic E-state index is 12.0. The Balaban J connectivity index is 1.99. The number of aryl methyl sites for hydroxylation is 1. The van der Waals surface area contributed by atoms with Crippen LogP contribution in [0.1, 0.15) is 12.5 Å². The number of carbonyl (C=O) groups excluding carboxylic acids is 1. The summed E-state index contributed by atoms with van der Waals surface area (Å²) in [6, 6.07) is 5.87. The zero-order valence-electron chi connectivity index (χ0n) is 10.1. The number of rotatable bonds is 3. The van der Waals surface area contributed by atoms with Gasteiger partial charge in [-0.3, -0.25) is 4.79 Å². The van der Waals surface area contributed by atoms with E-state index in [9.17, 15) is 4.79 Å². The van der Waals surface area contributed by atoms with Crippen LogP contribution >= 0.6 is 15.9 Å². The van der Waals surface area contributed by atoms with Crippen LogP contribution in [-0.2, 0) is 4.79 Å². The molecule has 2 rings (SSSR count). The van der Waals surface area contributed by atoms with Crippen molar-refractivity contribution in [1.29, 1.82) is 0 Å². The molecule has 0 bridgehead atoms. The lowest BCUT2D eigenvalue weighted by Gasteiger charge is -2.31. The van der Waals surface area contributed by atoms with Gasteiger partial charge >= 0.3 is 0 Å². The van der Waals surface area contributed by atoms with E-state index in [1.165, 1.54) is 5.56 Å². The first-order valence-electron chi connectivity index (χ1n) is 5.85. The topological polar surface area (TPSA) is 41.1 Å². The third-order valence-electron chi connectivity index (χ3n) is 3.37. The van der Waals surface area contributed by atoms with Gasteiger partial charge in [0, 0.05) is 16.1 Å². The maximum atomic E-state index is 12.0. The highest BCUT2D eigenvalue weighted by Crippen LogP contribution is 2.22. The largest absolute Gasteiger partial charge is 0.326 e. The van der Waals surface area contributed by atoms with Crippen LogP contribution in [0.2, 0.25) is 0 Å². The number of anilines is 1. The zero-order valence-corrected chi connectivity index (χ0v) is 11.7. The van der Waals surface area contributed by atoms with E-state index in [0.29, 0.717) is 5.92 Å². The molecule has 1 aromatic rings. The molecule has 1 saturated heterocycles. The lowest BCUT2D eigenvalue weighted by atomic mass is 9.88. The van der Waals surface area contributed by atoms with E-state index in [0.717, 1.165) is 23.2 Å². The van der Waals surface area contributed by atoms with Crippen molar-refractivity contribution in [1.82, 2.24) is 5.32 Å². The summed E-state index contributed by atoms with van der Waals surface area (Å²) in [6.45, 7) is 5.92. The lowest BCUT2D eigenvalue weighted by molar-refractivity contribution is -0.121. The molecule has 0 spiro atoms. The smallest absolute Gasteiger partial charge is 0.227 e. The van der Waals surface area contributed by atoms with Gasteiger partial charge in [-0.2, -0.15) is 0 Å². The Morgan fingerprint density at radius 3 is 2.76 bits per heavy atom. The molecule has 0 aliphatic carbocycles. The van der Waals surface area contributed by atoms with Crippen LogP contribution < -0.4 is 10.6 Å². The fraction of sp³-hybridized carbons (Fsp3) is 0.462. The summed E-state index contributed by atoms with van der Waals surface area (Å²) in [4.78, 5) is 12.0. The molecule has 1 aliphatic rings. The molecule has 3 nitrogen and oxygen atoms in total. The van der Waals surface area contributed by atoms with Crippen LogP contribution in [0.25, 0.3) is 0 Å². The summed E-state index contributed by atoms with van der Waals surface area (Å²) in [5, 5.41) is 6.15. The van der Waals surface area contributed by atoms with Crippen LogP contribution in [0.3, 0.4) is 0 Å². The number of carbonyl (C=O) groups is 1. The zero-order chi connectivity index (χ0) is 12.4. The number of amides is 1. The molecular formula is C13H17BrN2O. The summed E-state index contributed by atoms with van der Waals surface area (Å²) in [5.41, 5.74) is 2.02. The molecule has 1 unspecified atom stereocenters. The van der Waals surface area contributed by atoms with Gasteiger partial charge in [0.1, 0.15) is 0 Å². The second kappa shape index (κ2) is 5.19. The molecule has 1 aliphatic heterocycles. The highest BCUT2D eigenvalue weighted by Gasteiger charge is 2.28. The van der Waals surface area contributed by atoms with E-state index in [4.69, 9.17) is 0 Å². The SMILES string of the molecule is Cc1ccc(NC(=O)C(C)C2CNC2)cc1Br. The molecule has 0 aromatic heterocycles. The van der Waals surface area contributed by atoms with E-state index < -0.39 is 0 Å². The number of hydrogen-bond donors (Lipinski definition) is 2. The summed E-state index contributed by atoms with van der Waals surface area (Å²) in [7, 11) is 0. The van der Waals surface area contributed by atoms with E-state index in [-0.39, 0.29) is 11.8 Å². The van der Waals surface area contributed by atoms with Crippen molar-refractivity contribution in [2.24, 2.45) is 11.8 Å². The van der Waals surface area contributed by atoms with Crippen molar-refractivity contribution < 1.29 is 4.79 Å². The average Bonchev–Trinajstić information content (AvgIpc) is 2.21. The molecule has 17 heavy (non-hydrogen) atoms. The van der Waals surface area contributed by atoms with Crippen molar-refractivity contribution >= 4 is 27.5 Å². The summed E-state index contributed by atoms with van der Waals surface area (Å²) >= 11 is 3.47. The minimum atomic E-state index is 0.0660. The number of nitrogens with one attached hydrogen (secondary N) is 2. The van der Waals surface area contributed by atoms with Crippen LogP contribution in [0.4, 0.5) is 5.69 Å². The second-order valence-corrected chi connectivity index (χ2v) is 5.51. The summed E-state index contributed by atoms with van der Waals surface area (Å²) < 4.78 is 1.02. The Hall–Kier alpha value is -0.870. The van der Waals surface area contributed by atoms with Crippen LogP contribution in [-0.4, -0.2) is 19.0 Å². The van der Waals surface area contributed by atoms with E-state index >= 15 is 0 Å². The van der Waals surface area contributed by atoms with Crippen molar-refractivity contribution in [3.8, 4) is 0 Å². The Morgan fingerprint density at radius 2 is 2.24 bits per heavy atom. The van der Waals surface area contributed by atoms with Gasteiger partial charge in [-0.1, -0.05) is 28.9 Å². The first kappa shape index (κ1) is 12.6. The molecule has 0 saturated carbocycles. The standard InChI is InChI=1S/C13H17BrN2O/c1-8-3-4-11(5-12(8)14)16-13(17)9(2)10-6-15-7-10/h3-5,9-10,15H,6-7H2,1-2H3,(H,16,17). The van der Waals surface area contributed by atoms with Gasteiger partial charge in [-0.05, 0) is 43.6 Å². The fourth-order valence-electron chi connectivity index (χ4n) is 1.81. The molecule has 2 N–H and O–H groups in total. The highest BCUT2D eigenvalue weighted by molar-refractivity contribution is 9.10. The first-order valence-corrected chi connectivity index (χ1v) is 6.65. The van der Waals surface area contributed by atoms with E-state index in [1.807, 2.05) is 32.0 Å². The quantitative estimate of drug-likeness (QED) is 0.900. The third kappa shape index (κ3) is 2.87. The molecular weight excluding hydrogens is 280 g/mol. The van der Waals surface area contributed by atoms with Crippen molar-refractivity contribution in [2.45, 2.75) is 13.8 Å². The van der Waals surface area contributed by atoms with Gasteiger partial charge in [0.25, 0.3) is 0 Å². The highest BCUT2D eigenvalue weighted by atomic mass is 79.9. The number of hydrogen-bond acceptors (Lipinski definition) is 2. The van der Waals surface area contributed by atoms with Gasteiger partial charge < -0.3 is 10.6 Å². The molecule has 1 heterocycles. The number of halogens is 1. The molecule has 1 atom stereocenters. The molecule has 1 aromatic carbocycles. The predicted octanol–water partition coefficient (Wildman–Crippen LogP) is 2.55. The number of benzene rings is 1. The second-order valence-electron chi connectivity index (χ2n) is 4.66. The predicted molar refractivity (Wildman–Crippen MR) is 73.0 cm³/mol. The van der Waals surface area contributed by atoms with Gasteiger partial charge in [-0.25, -0.2) is 0 Å². The van der Waals surface area contributed by atoms with Gasteiger partial charge in [0.15, 0.2) is 0 Å². The Labute approximate surface area is 110 Å². The first-order chi connectivity index (χ1) is 8.08. The normalized spacial score (nSPS) is 17.4. The Morgan fingerprint density at radius 1 is 1.53 bits per heavy atom. The van der Waals surface area contributed by atoms with E-state index in [1.54, 1.807) is 0 Å². The third-order valence-corrected chi connectivity index (χ3v) is 4.23. The monoisotopic (exact) mass is 296 g/mol. The summed E-state index contributed by atoms with van der Waals surface area (Å²) in [5.74, 6) is 0.646. The van der Waals surface area contributed by atoms with Crippen LogP contribution in [0.15, 0.2) is 22.7 Å². The van der Waals surface area contributed by atoms with Crippen LogP contribution in [0.5, 0.6) is 0 Å². The fourth-order valence-corrected chi connectivity index (χ4v) is 2.18. The van der Waals surface area contributed by atoms with Crippen LogP contribution in [0, 0.1) is 18.8 Å². The molecule has 1 amide bonds. The Kier molecular flexibility index (Phi) is 3.84. The lowest BCUT2D eigenvalue weighted by Crippen LogP contribution is -2.48. The average molecular weight is 297 g/mol. The van der Waals surface area contributed by atoms with Crippen molar-refractivity contribution in [3.05, 3.63) is 28.2 Å². The summed E-state index contributed by atoms with van der Waals surface area (Å²) in [6.07, 6.45) is 0. The minimum absolute atomic E-state index is 0.0660. The van der Waals surface area contributed by atoms with Gasteiger partial charge in [0.05, 0.1) is 0 Å².